The van der Waals surface area contributed by atoms with Crippen LogP contribution in [0.15, 0.2) is 85.1 Å². The van der Waals surface area contributed by atoms with Crippen molar-refractivity contribution < 1.29 is 21.9 Å². The summed E-state index contributed by atoms with van der Waals surface area (Å²) in [4.78, 5) is 6.06. The van der Waals surface area contributed by atoms with Gasteiger partial charge < -0.3 is 9.98 Å². The number of alkyl halides is 3. The lowest BCUT2D eigenvalue weighted by Crippen LogP contribution is -2.23. The van der Waals surface area contributed by atoms with Crippen LogP contribution < -0.4 is 10.3 Å². The number of hydrazine groups is 1. The summed E-state index contributed by atoms with van der Waals surface area (Å²) in [5, 5.41) is 3.33. The average molecular weight is 481 g/mol. The number of rotatable bonds is 5. The van der Waals surface area contributed by atoms with Crippen molar-refractivity contribution in [3.63, 3.8) is 0 Å². The van der Waals surface area contributed by atoms with Gasteiger partial charge in [-0.2, -0.15) is 18.0 Å². The van der Waals surface area contributed by atoms with Gasteiger partial charge in [0.2, 0.25) is 0 Å². The summed E-state index contributed by atoms with van der Waals surface area (Å²) in [7, 11) is 0. The quantitative estimate of drug-likeness (QED) is 0.195. The van der Waals surface area contributed by atoms with E-state index in [1.807, 2.05) is 59.4 Å². The molecule has 0 fully saturated rings. The molecule has 1 heterocycles. The standard InChI is InChI=1S/C24H17F3N4O2S/c25-24(26,27)21-14-31(18-11-9-17(10-12-18)29-30-34(32)33)23(28-21)22-19-7-3-1-5-15(19)13-16-6-2-4-8-20(16)22/h1-14,29-30H,(H,32,33)/p-1. The fourth-order valence-electron chi connectivity index (χ4n) is 3.95. The molecule has 1 atom stereocenters. The number of nitrogens with one attached hydrogen (secondary N) is 2. The molecular formula is C24H16F3N4O2S-. The van der Waals surface area contributed by atoms with Gasteiger partial charge in [0, 0.05) is 34.4 Å². The first-order valence-corrected chi connectivity index (χ1v) is 11.2. The van der Waals surface area contributed by atoms with Crippen molar-refractivity contribution in [3.8, 4) is 17.1 Å². The Bertz CT molecular complexity index is 1480. The van der Waals surface area contributed by atoms with Crippen molar-refractivity contribution in [2.45, 2.75) is 6.18 Å². The van der Waals surface area contributed by atoms with Crippen LogP contribution in [-0.2, 0) is 17.4 Å². The lowest BCUT2D eigenvalue weighted by molar-refractivity contribution is -0.140. The SMILES string of the molecule is O=S([O-])NNc1ccc(-n2cc(C(F)(F)F)nc2-c2c3ccccc3cc3ccccc23)cc1. The number of imidazole rings is 1. The highest BCUT2D eigenvalue weighted by Gasteiger charge is 2.35. The summed E-state index contributed by atoms with van der Waals surface area (Å²) >= 11 is -2.52. The molecule has 2 N–H and O–H groups in total. The Balaban J connectivity index is 1.75. The average Bonchev–Trinajstić information content (AvgIpc) is 3.27. The van der Waals surface area contributed by atoms with E-state index in [4.69, 9.17) is 0 Å². The largest absolute Gasteiger partial charge is 0.759 e. The Labute approximate surface area is 194 Å². The highest BCUT2D eigenvalue weighted by atomic mass is 32.2. The number of hydrogen-bond acceptors (Lipinski definition) is 4. The van der Waals surface area contributed by atoms with Gasteiger partial charge in [-0.1, -0.05) is 48.5 Å². The Hall–Kier alpha value is -3.73. The van der Waals surface area contributed by atoms with Crippen molar-refractivity contribution in [1.82, 2.24) is 14.4 Å². The van der Waals surface area contributed by atoms with Gasteiger partial charge in [-0.3, -0.25) is 8.78 Å². The smallest absolute Gasteiger partial charge is 0.434 e. The molecule has 5 rings (SSSR count). The number of halogens is 3. The molecule has 0 bridgehead atoms. The molecule has 10 heteroatoms. The number of benzene rings is 4. The topological polar surface area (TPSA) is 82.0 Å². The van der Waals surface area contributed by atoms with Crippen molar-refractivity contribution in [2.75, 3.05) is 5.43 Å². The van der Waals surface area contributed by atoms with E-state index in [0.717, 1.165) is 27.7 Å². The van der Waals surface area contributed by atoms with Gasteiger partial charge >= 0.3 is 6.18 Å². The summed E-state index contributed by atoms with van der Waals surface area (Å²) in [5.74, 6) is 0.153. The molecule has 1 unspecified atom stereocenters. The summed E-state index contributed by atoms with van der Waals surface area (Å²) < 4.78 is 63.9. The van der Waals surface area contributed by atoms with Gasteiger partial charge in [-0.25, -0.2) is 4.98 Å². The minimum absolute atomic E-state index is 0.153. The molecule has 1 aromatic heterocycles. The van der Waals surface area contributed by atoms with Crippen LogP contribution in [0.2, 0.25) is 0 Å². The molecule has 4 aromatic carbocycles. The van der Waals surface area contributed by atoms with Crippen molar-refractivity contribution in [3.05, 3.63) is 90.8 Å². The molecule has 34 heavy (non-hydrogen) atoms. The first-order chi connectivity index (χ1) is 16.3. The molecule has 0 radical (unpaired) electrons. The van der Waals surface area contributed by atoms with Crippen molar-refractivity contribution >= 4 is 38.5 Å². The van der Waals surface area contributed by atoms with Gasteiger partial charge in [0.15, 0.2) is 5.69 Å². The van der Waals surface area contributed by atoms with E-state index < -0.39 is 23.1 Å². The van der Waals surface area contributed by atoms with E-state index in [2.05, 4.69) is 10.4 Å². The van der Waals surface area contributed by atoms with Gasteiger partial charge in [-0.05, 0) is 51.9 Å². The molecule has 0 saturated carbocycles. The molecule has 5 aromatic rings. The molecular weight excluding hydrogens is 465 g/mol. The molecule has 0 aliphatic carbocycles. The van der Waals surface area contributed by atoms with Crippen LogP contribution in [-0.4, -0.2) is 18.3 Å². The normalized spacial score (nSPS) is 12.8. The van der Waals surface area contributed by atoms with Crippen LogP contribution in [0.1, 0.15) is 5.69 Å². The third-order valence-electron chi connectivity index (χ3n) is 5.42. The van der Waals surface area contributed by atoms with E-state index in [0.29, 0.717) is 16.9 Å². The second kappa shape index (κ2) is 8.56. The molecule has 0 aliphatic heterocycles. The number of hydrogen-bond donors (Lipinski definition) is 2. The summed E-state index contributed by atoms with van der Waals surface area (Å²) in [6.45, 7) is 0. The van der Waals surface area contributed by atoms with E-state index in [1.165, 1.54) is 4.57 Å². The molecule has 0 spiro atoms. The molecule has 6 nitrogen and oxygen atoms in total. The van der Waals surface area contributed by atoms with Crippen LogP contribution in [0, 0.1) is 0 Å². The van der Waals surface area contributed by atoms with Gasteiger partial charge in [-0.15, -0.1) is 0 Å². The maximum absolute atomic E-state index is 13.7. The fraction of sp³-hybridized carbons (Fsp3) is 0.0417. The summed E-state index contributed by atoms with van der Waals surface area (Å²) in [6.07, 6.45) is -3.66. The number of anilines is 1. The Kier molecular flexibility index (Phi) is 5.56. The number of nitrogens with zero attached hydrogens (tertiary/aromatic N) is 2. The highest BCUT2D eigenvalue weighted by Crippen LogP contribution is 2.39. The first kappa shape index (κ1) is 22.1. The zero-order chi connectivity index (χ0) is 23.9. The third kappa shape index (κ3) is 4.14. The van der Waals surface area contributed by atoms with Crippen molar-refractivity contribution in [2.24, 2.45) is 0 Å². The maximum atomic E-state index is 13.7. The van der Waals surface area contributed by atoms with Crippen LogP contribution in [0.5, 0.6) is 0 Å². The lowest BCUT2D eigenvalue weighted by Gasteiger charge is -2.14. The van der Waals surface area contributed by atoms with E-state index in [9.17, 15) is 21.9 Å². The zero-order valence-corrected chi connectivity index (χ0v) is 18.2. The minimum atomic E-state index is -4.63. The second-order valence-electron chi connectivity index (χ2n) is 7.52. The Morgan fingerprint density at radius 2 is 1.47 bits per heavy atom. The Morgan fingerprint density at radius 3 is 2.03 bits per heavy atom. The van der Waals surface area contributed by atoms with Gasteiger partial charge in [0.25, 0.3) is 0 Å². The Morgan fingerprint density at radius 1 is 0.882 bits per heavy atom. The minimum Gasteiger partial charge on any atom is -0.759 e. The van der Waals surface area contributed by atoms with E-state index in [1.54, 1.807) is 24.3 Å². The summed E-state index contributed by atoms with van der Waals surface area (Å²) in [6, 6.07) is 23.3. The molecule has 0 amide bonds. The van der Waals surface area contributed by atoms with E-state index in [-0.39, 0.29) is 5.82 Å². The number of fused-ring (bicyclic) bond motifs is 2. The summed E-state index contributed by atoms with van der Waals surface area (Å²) in [5.41, 5.74) is 2.91. The van der Waals surface area contributed by atoms with Crippen LogP contribution in [0.4, 0.5) is 18.9 Å². The molecule has 0 aliphatic rings. The van der Waals surface area contributed by atoms with Crippen LogP contribution in [0.3, 0.4) is 0 Å². The van der Waals surface area contributed by atoms with Crippen LogP contribution in [0.25, 0.3) is 38.6 Å². The molecule has 0 saturated heterocycles. The highest BCUT2D eigenvalue weighted by molar-refractivity contribution is 7.77. The predicted molar refractivity (Wildman–Crippen MR) is 125 cm³/mol. The monoisotopic (exact) mass is 481 g/mol. The predicted octanol–water partition coefficient (Wildman–Crippen LogP) is 5.58. The van der Waals surface area contributed by atoms with Gasteiger partial charge in [0.05, 0.1) is 0 Å². The first-order valence-electron chi connectivity index (χ1n) is 10.1. The molecule has 172 valence electrons. The third-order valence-corrected chi connectivity index (χ3v) is 5.68. The zero-order valence-electron chi connectivity index (χ0n) is 17.3. The van der Waals surface area contributed by atoms with Crippen LogP contribution >= 0.6 is 0 Å². The second-order valence-corrected chi connectivity index (χ2v) is 8.19. The number of aromatic nitrogens is 2. The maximum Gasteiger partial charge on any atom is 0.434 e. The van der Waals surface area contributed by atoms with Gasteiger partial charge in [0.1, 0.15) is 5.82 Å². The fourth-order valence-corrected chi connectivity index (χ4v) is 4.15. The van der Waals surface area contributed by atoms with E-state index >= 15 is 0 Å². The lowest BCUT2D eigenvalue weighted by atomic mass is 9.96. The van der Waals surface area contributed by atoms with Crippen molar-refractivity contribution in [1.29, 1.82) is 0 Å².